The van der Waals surface area contributed by atoms with Gasteiger partial charge in [0.05, 0.1) is 17.6 Å². The maximum atomic E-state index is 11.6. The lowest BCUT2D eigenvalue weighted by atomic mass is 9.86. The van der Waals surface area contributed by atoms with Crippen molar-refractivity contribution < 1.29 is 19.7 Å². The highest BCUT2D eigenvalue weighted by Gasteiger charge is 2.31. The third kappa shape index (κ3) is 3.33. The van der Waals surface area contributed by atoms with Gasteiger partial charge in [0.1, 0.15) is 12.7 Å². The number of esters is 1. The molecule has 0 aliphatic carbocycles. The summed E-state index contributed by atoms with van der Waals surface area (Å²) in [6.07, 6.45) is 4.11. The van der Waals surface area contributed by atoms with Crippen molar-refractivity contribution in [1.82, 2.24) is 0 Å². The second kappa shape index (κ2) is 6.20. The van der Waals surface area contributed by atoms with Gasteiger partial charge in [0.25, 0.3) is 0 Å². The highest BCUT2D eigenvalue weighted by molar-refractivity contribution is 5.89. The first kappa shape index (κ1) is 14.2. The summed E-state index contributed by atoms with van der Waals surface area (Å²) in [4.78, 5) is 11.6. The molecule has 0 aromatic heterocycles. The zero-order valence-electron chi connectivity index (χ0n) is 10.2. The average Bonchev–Trinajstić information content (AvgIpc) is 2.44. The Labute approximate surface area is 106 Å². The SMILES string of the molecule is C#CC(C)(CO)C(O)COC(=O)c1ccccc1. The summed E-state index contributed by atoms with van der Waals surface area (Å²) in [7, 11) is 0. The average molecular weight is 248 g/mol. The topological polar surface area (TPSA) is 66.8 Å². The van der Waals surface area contributed by atoms with E-state index >= 15 is 0 Å². The van der Waals surface area contributed by atoms with E-state index in [1.165, 1.54) is 6.92 Å². The van der Waals surface area contributed by atoms with Gasteiger partial charge < -0.3 is 14.9 Å². The molecule has 18 heavy (non-hydrogen) atoms. The van der Waals surface area contributed by atoms with Crippen molar-refractivity contribution in [3.63, 3.8) is 0 Å². The van der Waals surface area contributed by atoms with Crippen molar-refractivity contribution in [2.75, 3.05) is 13.2 Å². The third-order valence-corrected chi connectivity index (χ3v) is 2.78. The van der Waals surface area contributed by atoms with E-state index in [1.54, 1.807) is 30.3 Å². The molecule has 96 valence electrons. The molecular formula is C14H16O4. The minimum absolute atomic E-state index is 0.255. The standard InChI is InChI=1S/C14H16O4/c1-3-14(2,10-15)12(16)9-18-13(17)11-7-5-4-6-8-11/h1,4-8,12,15-16H,9-10H2,2H3. The van der Waals surface area contributed by atoms with Gasteiger partial charge in [-0.3, -0.25) is 0 Å². The van der Waals surface area contributed by atoms with Crippen LogP contribution in [0.15, 0.2) is 30.3 Å². The van der Waals surface area contributed by atoms with E-state index in [2.05, 4.69) is 5.92 Å². The van der Waals surface area contributed by atoms with Crippen molar-refractivity contribution in [2.24, 2.45) is 5.41 Å². The number of terminal acetylenes is 1. The van der Waals surface area contributed by atoms with Crippen LogP contribution in [0.3, 0.4) is 0 Å². The van der Waals surface area contributed by atoms with Gasteiger partial charge in [-0.2, -0.15) is 0 Å². The molecule has 1 aromatic carbocycles. The van der Waals surface area contributed by atoms with Crippen LogP contribution in [0, 0.1) is 17.8 Å². The first-order chi connectivity index (χ1) is 8.53. The van der Waals surface area contributed by atoms with Gasteiger partial charge in [0.15, 0.2) is 0 Å². The van der Waals surface area contributed by atoms with E-state index in [0.29, 0.717) is 5.56 Å². The van der Waals surface area contributed by atoms with Gasteiger partial charge in [-0.05, 0) is 19.1 Å². The normalized spacial score (nSPS) is 15.2. The summed E-state index contributed by atoms with van der Waals surface area (Å²) in [5, 5.41) is 18.9. The van der Waals surface area contributed by atoms with Gasteiger partial charge in [0.2, 0.25) is 0 Å². The Morgan fingerprint density at radius 2 is 2.11 bits per heavy atom. The molecule has 2 atom stereocenters. The molecule has 1 rings (SSSR count). The molecule has 2 unspecified atom stereocenters. The number of benzene rings is 1. The van der Waals surface area contributed by atoms with Crippen LogP contribution in [0.4, 0.5) is 0 Å². The lowest BCUT2D eigenvalue weighted by molar-refractivity contribution is -0.0207. The third-order valence-electron chi connectivity index (χ3n) is 2.78. The Kier molecular flexibility index (Phi) is 4.90. The zero-order valence-corrected chi connectivity index (χ0v) is 10.2. The maximum absolute atomic E-state index is 11.6. The molecule has 0 saturated heterocycles. The van der Waals surface area contributed by atoms with Crippen LogP contribution in [-0.2, 0) is 4.74 Å². The molecule has 0 saturated carbocycles. The van der Waals surface area contributed by atoms with E-state index in [4.69, 9.17) is 16.3 Å². The van der Waals surface area contributed by atoms with E-state index in [0.717, 1.165) is 0 Å². The van der Waals surface area contributed by atoms with Crippen molar-refractivity contribution in [2.45, 2.75) is 13.0 Å². The minimum Gasteiger partial charge on any atom is -0.459 e. The highest BCUT2D eigenvalue weighted by Crippen LogP contribution is 2.20. The van der Waals surface area contributed by atoms with Crippen LogP contribution in [0.2, 0.25) is 0 Å². The number of aliphatic hydroxyl groups is 2. The fourth-order valence-electron chi connectivity index (χ4n) is 1.24. The monoisotopic (exact) mass is 248 g/mol. The van der Waals surface area contributed by atoms with Crippen LogP contribution in [0.5, 0.6) is 0 Å². The summed E-state index contributed by atoms with van der Waals surface area (Å²) in [6.45, 7) is 0.885. The number of rotatable bonds is 5. The molecule has 4 nitrogen and oxygen atoms in total. The second-order valence-corrected chi connectivity index (χ2v) is 4.20. The Morgan fingerprint density at radius 1 is 1.50 bits per heavy atom. The lowest BCUT2D eigenvalue weighted by Crippen LogP contribution is -2.38. The van der Waals surface area contributed by atoms with Gasteiger partial charge in [-0.25, -0.2) is 4.79 Å². The van der Waals surface area contributed by atoms with Gasteiger partial charge >= 0.3 is 5.97 Å². The molecule has 4 heteroatoms. The van der Waals surface area contributed by atoms with Crippen molar-refractivity contribution in [3.05, 3.63) is 35.9 Å². The molecule has 0 heterocycles. The predicted molar refractivity (Wildman–Crippen MR) is 66.8 cm³/mol. The van der Waals surface area contributed by atoms with Crippen molar-refractivity contribution >= 4 is 5.97 Å². The van der Waals surface area contributed by atoms with Crippen LogP contribution in [-0.4, -0.2) is 35.5 Å². The number of carbonyl (C=O) groups is 1. The Bertz CT molecular complexity index is 435. The number of aliphatic hydroxyl groups excluding tert-OH is 2. The fraction of sp³-hybridized carbons (Fsp3) is 0.357. The summed E-state index contributed by atoms with van der Waals surface area (Å²) < 4.78 is 4.94. The van der Waals surface area contributed by atoms with E-state index in [9.17, 15) is 9.90 Å². The smallest absolute Gasteiger partial charge is 0.338 e. The minimum atomic E-state index is -1.11. The van der Waals surface area contributed by atoms with Crippen LogP contribution in [0.25, 0.3) is 0 Å². The van der Waals surface area contributed by atoms with Crippen LogP contribution in [0.1, 0.15) is 17.3 Å². The van der Waals surface area contributed by atoms with Gasteiger partial charge in [-0.1, -0.05) is 24.1 Å². The fourth-order valence-corrected chi connectivity index (χ4v) is 1.24. The summed E-state index contributed by atoms with van der Waals surface area (Å²) in [5.74, 6) is 1.76. The van der Waals surface area contributed by atoms with E-state index < -0.39 is 17.5 Å². The molecule has 0 fully saturated rings. The molecule has 2 N–H and O–H groups in total. The lowest BCUT2D eigenvalue weighted by Gasteiger charge is -2.26. The number of hydrogen-bond acceptors (Lipinski definition) is 4. The first-order valence-corrected chi connectivity index (χ1v) is 5.52. The summed E-state index contributed by atoms with van der Waals surface area (Å²) >= 11 is 0. The molecule has 0 amide bonds. The largest absolute Gasteiger partial charge is 0.459 e. The van der Waals surface area contributed by atoms with Gasteiger partial charge in [0, 0.05) is 0 Å². The zero-order chi connectivity index (χ0) is 13.6. The highest BCUT2D eigenvalue weighted by atomic mass is 16.5. The number of ether oxygens (including phenoxy) is 1. The molecule has 0 aliphatic heterocycles. The summed E-state index contributed by atoms with van der Waals surface area (Å²) in [5.41, 5.74) is -0.715. The summed E-state index contributed by atoms with van der Waals surface area (Å²) in [6, 6.07) is 8.44. The second-order valence-electron chi connectivity index (χ2n) is 4.20. The molecule has 0 radical (unpaired) electrons. The van der Waals surface area contributed by atoms with Crippen molar-refractivity contribution in [1.29, 1.82) is 0 Å². The molecule has 0 bridgehead atoms. The molecule has 0 aliphatic rings. The Morgan fingerprint density at radius 3 is 2.61 bits per heavy atom. The quantitative estimate of drug-likeness (QED) is 0.598. The predicted octanol–water partition coefficient (Wildman–Crippen LogP) is 0.836. The Balaban J connectivity index is 2.57. The molecular weight excluding hydrogens is 232 g/mol. The number of hydrogen-bond donors (Lipinski definition) is 2. The van der Waals surface area contributed by atoms with Gasteiger partial charge in [-0.15, -0.1) is 6.42 Å². The van der Waals surface area contributed by atoms with E-state index in [-0.39, 0.29) is 13.2 Å². The Hall–Kier alpha value is -1.83. The molecule has 0 spiro atoms. The van der Waals surface area contributed by atoms with Crippen molar-refractivity contribution in [3.8, 4) is 12.3 Å². The first-order valence-electron chi connectivity index (χ1n) is 5.52. The maximum Gasteiger partial charge on any atom is 0.338 e. The van der Waals surface area contributed by atoms with Crippen LogP contribution < -0.4 is 0 Å². The molecule has 1 aromatic rings. The van der Waals surface area contributed by atoms with E-state index in [1.807, 2.05) is 0 Å². The van der Waals surface area contributed by atoms with Crippen LogP contribution >= 0.6 is 0 Å². The number of carbonyl (C=O) groups excluding carboxylic acids is 1.